The van der Waals surface area contributed by atoms with Crippen LogP contribution in [0.25, 0.3) is 0 Å². The molecule has 0 saturated carbocycles. The maximum Gasteiger partial charge on any atom is 0.416 e. The van der Waals surface area contributed by atoms with Crippen LogP contribution >= 0.6 is 11.8 Å². The summed E-state index contributed by atoms with van der Waals surface area (Å²) in [7, 11) is 0. The Balaban J connectivity index is 1.94. The molecule has 2 aromatic carbocycles. The summed E-state index contributed by atoms with van der Waals surface area (Å²) in [6.45, 7) is 2.36. The molecular weight excluding hydrogens is 335 g/mol. The number of benzene rings is 2. The van der Waals surface area contributed by atoms with Crippen molar-refractivity contribution in [2.24, 2.45) is 0 Å². The summed E-state index contributed by atoms with van der Waals surface area (Å²) >= 11 is 1.37. The van der Waals surface area contributed by atoms with E-state index in [9.17, 15) is 18.0 Å². The van der Waals surface area contributed by atoms with Gasteiger partial charge in [0, 0.05) is 17.9 Å². The average Bonchev–Trinajstić information content (AvgIpc) is 3.03. The molecule has 0 bridgehead atoms. The predicted molar refractivity (Wildman–Crippen MR) is 88.9 cm³/mol. The first-order valence-electron chi connectivity index (χ1n) is 7.53. The van der Waals surface area contributed by atoms with Gasteiger partial charge in [-0.05, 0) is 30.7 Å². The van der Waals surface area contributed by atoms with Crippen LogP contribution in [-0.4, -0.2) is 23.1 Å². The van der Waals surface area contributed by atoms with Gasteiger partial charge < -0.3 is 4.90 Å². The number of halogens is 3. The zero-order valence-electron chi connectivity index (χ0n) is 13.0. The maximum atomic E-state index is 13.3. The van der Waals surface area contributed by atoms with E-state index >= 15 is 0 Å². The fourth-order valence-electron chi connectivity index (χ4n) is 2.77. The fraction of sp³-hybridized carbons (Fsp3) is 0.278. The number of rotatable bonds is 2. The van der Waals surface area contributed by atoms with Crippen molar-refractivity contribution in [1.82, 2.24) is 4.90 Å². The highest BCUT2D eigenvalue weighted by molar-refractivity contribution is 7.99. The van der Waals surface area contributed by atoms with E-state index < -0.39 is 17.1 Å². The van der Waals surface area contributed by atoms with Gasteiger partial charge in [-0.25, -0.2) is 0 Å². The summed E-state index contributed by atoms with van der Waals surface area (Å²) in [5.74, 6) is 0.385. The second kappa shape index (κ2) is 6.51. The van der Waals surface area contributed by atoms with E-state index in [1.165, 1.54) is 28.8 Å². The number of carbonyl (C=O) groups is 1. The molecule has 2 aromatic rings. The number of thioether (sulfide) groups is 1. The Labute approximate surface area is 142 Å². The van der Waals surface area contributed by atoms with Gasteiger partial charge in [-0.3, -0.25) is 4.79 Å². The van der Waals surface area contributed by atoms with Crippen molar-refractivity contribution in [3.63, 3.8) is 0 Å². The maximum absolute atomic E-state index is 13.3. The van der Waals surface area contributed by atoms with E-state index in [2.05, 4.69) is 0 Å². The van der Waals surface area contributed by atoms with E-state index in [4.69, 9.17) is 0 Å². The molecule has 24 heavy (non-hydrogen) atoms. The van der Waals surface area contributed by atoms with Gasteiger partial charge in [-0.15, -0.1) is 11.8 Å². The van der Waals surface area contributed by atoms with Crippen LogP contribution in [-0.2, 0) is 6.18 Å². The van der Waals surface area contributed by atoms with Gasteiger partial charge in [-0.2, -0.15) is 13.2 Å². The molecule has 3 rings (SSSR count). The Kier molecular flexibility index (Phi) is 4.58. The third-order valence-corrected chi connectivity index (χ3v) is 5.23. The lowest BCUT2D eigenvalue weighted by Gasteiger charge is -2.26. The minimum atomic E-state index is -4.43. The molecule has 0 N–H and O–H groups in total. The molecule has 1 unspecified atom stereocenters. The molecule has 1 amide bonds. The normalized spacial score (nSPS) is 18.0. The third kappa shape index (κ3) is 3.29. The summed E-state index contributed by atoms with van der Waals surface area (Å²) in [4.78, 5) is 14.3. The Bertz CT molecular complexity index is 743. The lowest BCUT2D eigenvalue weighted by atomic mass is 10.1. The van der Waals surface area contributed by atoms with Crippen LogP contribution in [0.1, 0.15) is 32.4 Å². The number of hydrogen-bond donors (Lipinski definition) is 0. The van der Waals surface area contributed by atoms with Crippen molar-refractivity contribution < 1.29 is 18.0 Å². The van der Waals surface area contributed by atoms with Gasteiger partial charge in [0.15, 0.2) is 0 Å². The first-order chi connectivity index (χ1) is 11.4. The molecule has 126 valence electrons. The largest absolute Gasteiger partial charge is 0.416 e. The number of aryl methyl sites for hydroxylation is 1. The molecule has 0 aliphatic carbocycles. The Morgan fingerprint density at radius 3 is 2.46 bits per heavy atom. The topological polar surface area (TPSA) is 20.3 Å². The third-order valence-electron chi connectivity index (χ3n) is 3.98. The number of amides is 1. The van der Waals surface area contributed by atoms with Gasteiger partial charge >= 0.3 is 6.18 Å². The summed E-state index contributed by atoms with van der Waals surface area (Å²) in [5, 5.41) is -0.614. The van der Waals surface area contributed by atoms with E-state index in [1.54, 1.807) is 18.2 Å². The van der Waals surface area contributed by atoms with Crippen LogP contribution < -0.4 is 0 Å². The van der Waals surface area contributed by atoms with Gasteiger partial charge in [0.05, 0.1) is 5.56 Å². The van der Waals surface area contributed by atoms with Crippen LogP contribution in [0.15, 0.2) is 48.5 Å². The quantitative estimate of drug-likeness (QED) is 0.767. The number of hydrogen-bond acceptors (Lipinski definition) is 2. The SMILES string of the molecule is Cc1ccc(C(=O)N2CCSC2c2ccccc2C(F)(F)F)cc1. The Morgan fingerprint density at radius 1 is 1.12 bits per heavy atom. The number of alkyl halides is 3. The lowest BCUT2D eigenvalue weighted by Crippen LogP contribution is -2.31. The molecule has 0 spiro atoms. The molecule has 2 nitrogen and oxygen atoms in total. The first kappa shape index (κ1) is 16.9. The van der Waals surface area contributed by atoms with Crippen molar-refractivity contribution in [2.75, 3.05) is 12.3 Å². The van der Waals surface area contributed by atoms with Crippen molar-refractivity contribution in [2.45, 2.75) is 18.5 Å². The number of carbonyl (C=O) groups excluding carboxylic acids is 1. The minimum Gasteiger partial charge on any atom is -0.322 e. The van der Waals surface area contributed by atoms with E-state index in [-0.39, 0.29) is 11.5 Å². The van der Waals surface area contributed by atoms with Crippen LogP contribution in [0.3, 0.4) is 0 Å². The number of nitrogens with zero attached hydrogens (tertiary/aromatic N) is 1. The highest BCUT2D eigenvalue weighted by atomic mass is 32.2. The first-order valence-corrected chi connectivity index (χ1v) is 8.58. The molecule has 1 fully saturated rings. The van der Waals surface area contributed by atoms with E-state index in [1.807, 2.05) is 19.1 Å². The molecule has 6 heteroatoms. The van der Waals surface area contributed by atoms with Crippen LogP contribution in [0.5, 0.6) is 0 Å². The van der Waals surface area contributed by atoms with Crippen LogP contribution in [0.2, 0.25) is 0 Å². The lowest BCUT2D eigenvalue weighted by molar-refractivity contribution is -0.138. The summed E-state index contributed by atoms with van der Waals surface area (Å²) in [6.07, 6.45) is -4.43. The fourth-order valence-corrected chi connectivity index (χ4v) is 4.06. The van der Waals surface area contributed by atoms with Gasteiger partial charge in [0.2, 0.25) is 0 Å². The molecular formula is C18H16F3NOS. The smallest absolute Gasteiger partial charge is 0.322 e. The van der Waals surface area contributed by atoms with Gasteiger partial charge in [-0.1, -0.05) is 35.9 Å². The second-order valence-electron chi connectivity index (χ2n) is 5.67. The van der Waals surface area contributed by atoms with E-state index in [0.717, 1.165) is 11.6 Å². The van der Waals surface area contributed by atoms with Gasteiger partial charge in [0.1, 0.15) is 5.37 Å². The summed E-state index contributed by atoms with van der Waals surface area (Å²) in [5.41, 5.74) is 0.998. The van der Waals surface area contributed by atoms with Crippen LogP contribution in [0.4, 0.5) is 13.2 Å². The second-order valence-corrected chi connectivity index (χ2v) is 6.86. The average molecular weight is 351 g/mol. The highest BCUT2D eigenvalue weighted by Gasteiger charge is 2.39. The summed E-state index contributed by atoms with van der Waals surface area (Å²) in [6, 6.07) is 12.6. The Hall–Kier alpha value is -1.95. The van der Waals surface area contributed by atoms with E-state index in [0.29, 0.717) is 17.9 Å². The van der Waals surface area contributed by atoms with Gasteiger partial charge in [0.25, 0.3) is 5.91 Å². The monoisotopic (exact) mass is 351 g/mol. The highest BCUT2D eigenvalue weighted by Crippen LogP contribution is 2.44. The minimum absolute atomic E-state index is 0.146. The molecule has 1 saturated heterocycles. The molecule has 0 radical (unpaired) electrons. The van der Waals surface area contributed by atoms with Crippen molar-refractivity contribution in [3.05, 3.63) is 70.8 Å². The zero-order chi connectivity index (χ0) is 17.3. The summed E-state index contributed by atoms with van der Waals surface area (Å²) < 4.78 is 39.9. The molecule has 1 atom stereocenters. The predicted octanol–water partition coefficient (Wildman–Crippen LogP) is 4.90. The Morgan fingerprint density at radius 2 is 1.79 bits per heavy atom. The van der Waals surface area contributed by atoms with Crippen molar-refractivity contribution >= 4 is 17.7 Å². The zero-order valence-corrected chi connectivity index (χ0v) is 13.8. The van der Waals surface area contributed by atoms with Crippen molar-refractivity contribution in [1.29, 1.82) is 0 Å². The standard InChI is InChI=1S/C18H16F3NOS/c1-12-6-8-13(9-7-12)16(23)22-10-11-24-17(22)14-4-2-3-5-15(14)18(19,20)21/h2-9,17H,10-11H2,1H3. The molecule has 1 aliphatic rings. The molecule has 1 heterocycles. The molecule has 1 aliphatic heterocycles. The molecule has 0 aromatic heterocycles. The van der Waals surface area contributed by atoms with Crippen molar-refractivity contribution in [3.8, 4) is 0 Å². The van der Waals surface area contributed by atoms with Crippen LogP contribution in [0, 0.1) is 6.92 Å².